The fourth-order valence-corrected chi connectivity index (χ4v) is 2.13. The lowest BCUT2D eigenvalue weighted by atomic mass is 10.1. The molecule has 2 rings (SSSR count). The highest BCUT2D eigenvalue weighted by atomic mass is 19.3. The lowest BCUT2D eigenvalue weighted by Crippen LogP contribution is -2.38. The van der Waals surface area contributed by atoms with Crippen molar-refractivity contribution in [3.63, 3.8) is 0 Å². The summed E-state index contributed by atoms with van der Waals surface area (Å²) >= 11 is 0. The van der Waals surface area contributed by atoms with Crippen molar-refractivity contribution in [3.8, 4) is 0 Å². The molecule has 0 aromatic heterocycles. The van der Waals surface area contributed by atoms with Crippen molar-refractivity contribution >= 4 is 5.96 Å². The maximum absolute atomic E-state index is 12.7. The van der Waals surface area contributed by atoms with Crippen LogP contribution in [0.15, 0.2) is 4.99 Å². The molecule has 0 amide bonds. The summed E-state index contributed by atoms with van der Waals surface area (Å²) in [5.74, 6) is 1.75. The molecule has 2 aliphatic carbocycles. The van der Waals surface area contributed by atoms with E-state index in [-0.39, 0.29) is 12.0 Å². The van der Waals surface area contributed by atoms with Crippen molar-refractivity contribution in [2.75, 3.05) is 0 Å². The van der Waals surface area contributed by atoms with Crippen LogP contribution in [0.4, 0.5) is 8.78 Å². The van der Waals surface area contributed by atoms with Gasteiger partial charge in [0.05, 0.1) is 6.04 Å². The van der Waals surface area contributed by atoms with Crippen LogP contribution in [0.3, 0.4) is 0 Å². The molecule has 2 unspecified atom stereocenters. The van der Waals surface area contributed by atoms with Crippen LogP contribution in [-0.4, -0.2) is 17.9 Å². The second-order valence-corrected chi connectivity index (χ2v) is 3.67. The molecule has 0 aromatic carbocycles. The van der Waals surface area contributed by atoms with Crippen LogP contribution in [0.5, 0.6) is 0 Å². The number of guanidine groups is 1. The Kier molecular flexibility index (Phi) is 1.69. The first-order valence-electron chi connectivity index (χ1n) is 4.23. The van der Waals surface area contributed by atoms with Gasteiger partial charge >= 0.3 is 0 Å². The molecule has 2 saturated carbocycles. The lowest BCUT2D eigenvalue weighted by molar-refractivity contribution is 0.0700. The highest BCUT2D eigenvalue weighted by Gasteiger charge is 2.71. The highest BCUT2D eigenvalue weighted by Crippen LogP contribution is 2.64. The first-order chi connectivity index (χ1) is 6.05. The number of fused-ring (bicyclic) bond motifs is 1. The third kappa shape index (κ3) is 1.25. The minimum absolute atomic E-state index is 0.0781. The van der Waals surface area contributed by atoms with E-state index >= 15 is 0 Å². The van der Waals surface area contributed by atoms with Crippen molar-refractivity contribution in [2.45, 2.75) is 24.8 Å². The number of hydrogen-bond acceptors (Lipinski definition) is 2. The molecule has 4 nitrogen and oxygen atoms in total. The monoisotopic (exact) mass is 190 g/mol. The van der Waals surface area contributed by atoms with Crippen LogP contribution in [0.2, 0.25) is 0 Å². The van der Waals surface area contributed by atoms with Crippen LogP contribution in [-0.2, 0) is 0 Å². The van der Waals surface area contributed by atoms with Gasteiger partial charge in [0.25, 0.3) is 5.92 Å². The Morgan fingerprint density at radius 1 is 1.38 bits per heavy atom. The largest absolute Gasteiger partial charge is 0.369 e. The third-order valence-corrected chi connectivity index (χ3v) is 2.89. The van der Waals surface area contributed by atoms with Gasteiger partial charge in [0.15, 0.2) is 0 Å². The Hall–Kier alpha value is -0.910. The topological polar surface area (TPSA) is 76.4 Å². The Morgan fingerprint density at radius 2 is 1.92 bits per heavy atom. The summed E-state index contributed by atoms with van der Waals surface area (Å²) in [7, 11) is 0. The molecule has 0 radical (unpaired) electrons. The maximum atomic E-state index is 12.7. The van der Waals surface area contributed by atoms with Gasteiger partial charge in [-0.15, -0.1) is 0 Å². The number of hydrogen-bond donors (Lipinski definition) is 3. The van der Waals surface area contributed by atoms with E-state index in [9.17, 15) is 8.78 Å². The summed E-state index contributed by atoms with van der Waals surface area (Å²) in [5.41, 5.74) is 7.49. The molecule has 2 aliphatic rings. The first-order valence-corrected chi connectivity index (χ1v) is 4.23. The Balaban J connectivity index is 1.91. The number of aliphatic imine (C=N–C) groups is 1. The van der Waals surface area contributed by atoms with E-state index in [1.54, 1.807) is 0 Å². The van der Waals surface area contributed by atoms with Gasteiger partial charge in [-0.05, 0) is 12.8 Å². The van der Waals surface area contributed by atoms with E-state index in [2.05, 4.69) is 10.4 Å². The zero-order chi connectivity index (χ0) is 9.64. The summed E-state index contributed by atoms with van der Waals surface area (Å²) in [5, 5.41) is 0. The van der Waals surface area contributed by atoms with E-state index in [4.69, 9.17) is 11.6 Å². The average Bonchev–Trinajstić information content (AvgIpc) is 2.54. The summed E-state index contributed by atoms with van der Waals surface area (Å²) in [6.45, 7) is 0. The van der Waals surface area contributed by atoms with Crippen LogP contribution >= 0.6 is 0 Å². The molecule has 13 heavy (non-hydrogen) atoms. The van der Waals surface area contributed by atoms with E-state index in [1.165, 1.54) is 0 Å². The second kappa shape index (κ2) is 2.54. The van der Waals surface area contributed by atoms with Crippen molar-refractivity contribution in [3.05, 3.63) is 0 Å². The first kappa shape index (κ1) is 8.68. The SMILES string of the molecule is NNC(N)=NC1CC2C(C1)C2(F)F. The van der Waals surface area contributed by atoms with Crippen LogP contribution < -0.4 is 17.0 Å². The van der Waals surface area contributed by atoms with Gasteiger partial charge in [0.1, 0.15) is 0 Å². The average molecular weight is 190 g/mol. The molecule has 5 N–H and O–H groups in total. The summed E-state index contributed by atoms with van der Waals surface area (Å²) in [6, 6.07) is -0.0781. The summed E-state index contributed by atoms with van der Waals surface area (Å²) in [4.78, 5) is 3.97. The smallest absolute Gasteiger partial charge is 0.254 e. The molecular weight excluding hydrogens is 178 g/mol. The van der Waals surface area contributed by atoms with E-state index in [1.807, 2.05) is 0 Å². The van der Waals surface area contributed by atoms with Gasteiger partial charge in [-0.3, -0.25) is 5.43 Å². The molecule has 0 heterocycles. The molecule has 0 saturated heterocycles. The molecule has 74 valence electrons. The molecular formula is C7H12F2N4. The van der Waals surface area contributed by atoms with Crippen molar-refractivity contribution in [2.24, 2.45) is 28.4 Å². The standard InChI is InChI=1S/C7H12F2N4/c8-7(9)4-1-3(2-5(4)7)12-6(10)13-11/h3-5H,1-2,11H2,(H3,10,12,13). The Morgan fingerprint density at radius 3 is 2.38 bits per heavy atom. The van der Waals surface area contributed by atoms with Crippen molar-refractivity contribution < 1.29 is 8.78 Å². The van der Waals surface area contributed by atoms with Crippen LogP contribution in [0, 0.1) is 11.8 Å². The van der Waals surface area contributed by atoms with E-state index < -0.39 is 17.8 Å². The number of rotatable bonds is 1. The fourth-order valence-electron chi connectivity index (χ4n) is 2.13. The van der Waals surface area contributed by atoms with Gasteiger partial charge in [-0.2, -0.15) is 0 Å². The van der Waals surface area contributed by atoms with Crippen LogP contribution in [0.1, 0.15) is 12.8 Å². The number of nitrogens with one attached hydrogen (secondary N) is 1. The maximum Gasteiger partial charge on any atom is 0.254 e. The number of nitrogens with two attached hydrogens (primary N) is 2. The molecule has 0 aromatic rings. The second-order valence-electron chi connectivity index (χ2n) is 3.67. The quantitative estimate of drug-likeness (QED) is 0.232. The predicted molar refractivity (Wildman–Crippen MR) is 43.9 cm³/mol. The molecule has 6 heteroatoms. The van der Waals surface area contributed by atoms with Gasteiger partial charge in [-0.1, -0.05) is 0 Å². The Bertz CT molecular complexity index is 239. The highest BCUT2D eigenvalue weighted by molar-refractivity contribution is 5.77. The van der Waals surface area contributed by atoms with Crippen LogP contribution in [0.25, 0.3) is 0 Å². The van der Waals surface area contributed by atoms with E-state index in [0.717, 1.165) is 0 Å². The lowest BCUT2D eigenvalue weighted by Gasteiger charge is -2.10. The van der Waals surface area contributed by atoms with Gasteiger partial charge < -0.3 is 5.73 Å². The number of halogens is 2. The van der Waals surface area contributed by atoms with Crippen molar-refractivity contribution in [1.82, 2.24) is 5.43 Å². The predicted octanol–water partition coefficient (Wildman–Crippen LogP) is -0.192. The number of hydrazine groups is 1. The zero-order valence-corrected chi connectivity index (χ0v) is 7.00. The summed E-state index contributed by atoms with van der Waals surface area (Å²) < 4.78 is 25.4. The minimum atomic E-state index is -2.43. The normalized spacial score (nSPS) is 41.5. The molecule has 0 bridgehead atoms. The molecule has 2 fully saturated rings. The molecule has 0 spiro atoms. The van der Waals surface area contributed by atoms with Gasteiger partial charge in [-0.25, -0.2) is 19.6 Å². The summed E-state index contributed by atoms with van der Waals surface area (Å²) in [6.07, 6.45) is 0.861. The van der Waals surface area contributed by atoms with Crippen molar-refractivity contribution in [1.29, 1.82) is 0 Å². The van der Waals surface area contributed by atoms with Gasteiger partial charge in [0, 0.05) is 11.8 Å². The van der Waals surface area contributed by atoms with E-state index in [0.29, 0.717) is 12.8 Å². The van der Waals surface area contributed by atoms with Gasteiger partial charge in [0.2, 0.25) is 5.96 Å². The third-order valence-electron chi connectivity index (χ3n) is 2.89. The zero-order valence-electron chi connectivity index (χ0n) is 7.00. The minimum Gasteiger partial charge on any atom is -0.369 e. The molecule has 0 aliphatic heterocycles. The fraction of sp³-hybridized carbons (Fsp3) is 0.857. The Labute approximate surface area is 74.3 Å². The number of nitrogens with zero attached hydrogens (tertiary/aromatic N) is 1. The number of alkyl halides is 2. The molecule has 2 atom stereocenters.